The molecule has 0 aliphatic heterocycles. The molecule has 0 bridgehead atoms. The highest BCUT2D eigenvalue weighted by Crippen LogP contribution is 2.35. The molecule has 1 heterocycles. The van der Waals surface area contributed by atoms with E-state index in [0.29, 0.717) is 6.61 Å². The van der Waals surface area contributed by atoms with Crippen molar-refractivity contribution >= 4 is 32.3 Å². The lowest BCUT2D eigenvalue weighted by Crippen LogP contribution is -2.24. The maximum Gasteiger partial charge on any atom is 0.282 e. The van der Waals surface area contributed by atoms with Gasteiger partial charge in [0.2, 0.25) is 0 Å². The monoisotopic (exact) mass is 325 g/mol. The molecule has 0 saturated heterocycles. The van der Waals surface area contributed by atoms with Crippen LogP contribution in [0.25, 0.3) is 32.3 Å². The van der Waals surface area contributed by atoms with Crippen LogP contribution in [0.15, 0.2) is 83.8 Å². The van der Waals surface area contributed by atoms with E-state index in [-0.39, 0.29) is 5.56 Å². The van der Waals surface area contributed by atoms with Gasteiger partial charge in [0.15, 0.2) is 0 Å². The zero-order valence-electron chi connectivity index (χ0n) is 13.5. The molecule has 1 aromatic heterocycles. The van der Waals surface area contributed by atoms with E-state index in [0.717, 1.165) is 5.56 Å². The zero-order valence-corrected chi connectivity index (χ0v) is 13.5. The number of aromatic nitrogens is 1. The van der Waals surface area contributed by atoms with Crippen molar-refractivity contribution in [1.29, 1.82) is 0 Å². The molecule has 4 aromatic carbocycles. The van der Waals surface area contributed by atoms with Gasteiger partial charge in [-0.3, -0.25) is 4.79 Å². The van der Waals surface area contributed by atoms with E-state index in [9.17, 15) is 4.79 Å². The first-order valence-corrected chi connectivity index (χ1v) is 8.28. The van der Waals surface area contributed by atoms with Crippen LogP contribution in [0.3, 0.4) is 0 Å². The Morgan fingerprint density at radius 3 is 2.24 bits per heavy atom. The summed E-state index contributed by atoms with van der Waals surface area (Å²) in [6, 6.07) is 24.2. The lowest BCUT2D eigenvalue weighted by Gasteiger charge is -2.14. The van der Waals surface area contributed by atoms with Crippen LogP contribution in [0.4, 0.5) is 0 Å². The summed E-state index contributed by atoms with van der Waals surface area (Å²) in [4.78, 5) is 17.5. The highest BCUT2D eigenvalue weighted by molar-refractivity contribution is 6.23. The third-order valence-corrected chi connectivity index (χ3v) is 4.77. The minimum absolute atomic E-state index is 0.166. The van der Waals surface area contributed by atoms with Crippen molar-refractivity contribution < 1.29 is 4.84 Å². The first-order chi connectivity index (χ1) is 12.3. The topological polar surface area (TPSA) is 31.2 Å². The number of benzene rings is 4. The maximum absolute atomic E-state index is 11.8. The molecule has 25 heavy (non-hydrogen) atoms. The Morgan fingerprint density at radius 2 is 1.44 bits per heavy atom. The van der Waals surface area contributed by atoms with Crippen molar-refractivity contribution in [2.45, 2.75) is 6.61 Å². The van der Waals surface area contributed by atoms with Gasteiger partial charge in [-0.2, -0.15) is 4.73 Å². The molecule has 0 unspecified atom stereocenters. The Hall–Kier alpha value is -3.33. The summed E-state index contributed by atoms with van der Waals surface area (Å²) in [5.74, 6) is 0. The fourth-order valence-electron chi connectivity index (χ4n) is 3.58. The van der Waals surface area contributed by atoms with Crippen LogP contribution in [0, 0.1) is 0 Å². The summed E-state index contributed by atoms with van der Waals surface area (Å²) in [7, 11) is 0. The van der Waals surface area contributed by atoms with Crippen LogP contribution in [-0.2, 0) is 6.61 Å². The lowest BCUT2D eigenvalue weighted by atomic mass is 9.92. The van der Waals surface area contributed by atoms with Gasteiger partial charge in [-0.25, -0.2) is 0 Å². The Morgan fingerprint density at radius 1 is 0.720 bits per heavy atom. The van der Waals surface area contributed by atoms with Crippen LogP contribution in [0.2, 0.25) is 0 Å². The van der Waals surface area contributed by atoms with E-state index >= 15 is 0 Å². The van der Waals surface area contributed by atoms with Gasteiger partial charge in [-0.05, 0) is 43.9 Å². The van der Waals surface area contributed by atoms with E-state index in [1.165, 1.54) is 43.1 Å². The molecule has 3 heteroatoms. The predicted octanol–water partition coefficient (Wildman–Crippen LogP) is 4.37. The molecule has 0 saturated carbocycles. The van der Waals surface area contributed by atoms with Crippen LogP contribution >= 0.6 is 0 Å². The van der Waals surface area contributed by atoms with Crippen LogP contribution in [0.1, 0.15) is 5.56 Å². The van der Waals surface area contributed by atoms with E-state index in [1.54, 1.807) is 18.3 Å². The second-order valence-electron chi connectivity index (χ2n) is 6.22. The molecular formula is C22H15NO2. The number of nitrogens with zero attached hydrogens (tertiary/aromatic N) is 1. The smallest absolute Gasteiger partial charge is 0.282 e. The Balaban J connectivity index is 1.68. The van der Waals surface area contributed by atoms with Gasteiger partial charge in [0.05, 0.1) is 0 Å². The van der Waals surface area contributed by atoms with Crippen molar-refractivity contribution in [3.63, 3.8) is 0 Å². The van der Waals surface area contributed by atoms with Crippen molar-refractivity contribution in [1.82, 2.24) is 4.73 Å². The fourth-order valence-corrected chi connectivity index (χ4v) is 3.58. The Kier molecular flexibility index (Phi) is 3.01. The highest BCUT2D eigenvalue weighted by Gasteiger charge is 2.11. The molecule has 0 atom stereocenters. The molecule has 0 N–H and O–H groups in total. The summed E-state index contributed by atoms with van der Waals surface area (Å²) in [6.45, 7) is 0.345. The van der Waals surface area contributed by atoms with Crippen LogP contribution < -0.4 is 10.4 Å². The van der Waals surface area contributed by atoms with E-state index in [4.69, 9.17) is 4.84 Å². The summed E-state index contributed by atoms with van der Waals surface area (Å²) in [5.41, 5.74) is 0.904. The third-order valence-electron chi connectivity index (χ3n) is 4.77. The molecule has 0 radical (unpaired) electrons. The zero-order chi connectivity index (χ0) is 16.8. The van der Waals surface area contributed by atoms with Crippen LogP contribution in [0.5, 0.6) is 0 Å². The summed E-state index contributed by atoms with van der Waals surface area (Å²) >= 11 is 0. The molecule has 0 spiro atoms. The van der Waals surface area contributed by atoms with Crippen molar-refractivity contribution in [2.75, 3.05) is 0 Å². The largest absolute Gasteiger partial charge is 0.406 e. The lowest BCUT2D eigenvalue weighted by molar-refractivity contribution is 0.0899. The molecule has 0 aliphatic carbocycles. The van der Waals surface area contributed by atoms with Gasteiger partial charge in [-0.15, -0.1) is 0 Å². The van der Waals surface area contributed by atoms with Gasteiger partial charge in [0.1, 0.15) is 6.61 Å². The van der Waals surface area contributed by atoms with Gasteiger partial charge in [0.25, 0.3) is 5.56 Å². The molecule has 3 nitrogen and oxygen atoms in total. The molecule has 5 rings (SSSR count). The summed E-state index contributed by atoms with van der Waals surface area (Å²) < 4.78 is 1.28. The maximum atomic E-state index is 11.8. The second-order valence-corrected chi connectivity index (χ2v) is 6.22. The minimum Gasteiger partial charge on any atom is -0.406 e. The van der Waals surface area contributed by atoms with Gasteiger partial charge < -0.3 is 4.84 Å². The average molecular weight is 325 g/mol. The predicted molar refractivity (Wildman–Crippen MR) is 101 cm³/mol. The molecule has 0 fully saturated rings. The highest BCUT2D eigenvalue weighted by atomic mass is 16.7. The Bertz CT molecular complexity index is 1250. The van der Waals surface area contributed by atoms with Gasteiger partial charge >= 0.3 is 0 Å². The SMILES string of the molecule is O=c1ccccn1OCc1ccc2ccc3cccc4ccc1c2c34. The molecular weight excluding hydrogens is 310 g/mol. The van der Waals surface area contributed by atoms with E-state index in [1.807, 2.05) is 0 Å². The summed E-state index contributed by atoms with van der Waals surface area (Å²) in [5, 5.41) is 7.43. The number of pyridine rings is 1. The minimum atomic E-state index is -0.166. The fraction of sp³-hybridized carbons (Fsp3) is 0.0455. The number of hydrogen-bond donors (Lipinski definition) is 0. The van der Waals surface area contributed by atoms with Crippen molar-refractivity contribution in [3.8, 4) is 0 Å². The van der Waals surface area contributed by atoms with Gasteiger partial charge in [0, 0.05) is 12.3 Å². The number of hydrogen-bond acceptors (Lipinski definition) is 2. The standard InChI is InChI=1S/C22H15NO2/c24-20-6-1-2-13-23(20)25-14-18-10-9-17-8-7-15-4-3-5-16-11-12-19(18)22(17)21(15)16/h1-13H,14H2. The first kappa shape index (κ1) is 14.1. The van der Waals surface area contributed by atoms with E-state index in [2.05, 4.69) is 54.6 Å². The molecule has 120 valence electrons. The van der Waals surface area contributed by atoms with Crippen LogP contribution in [-0.4, -0.2) is 4.73 Å². The molecule has 5 aromatic rings. The second kappa shape index (κ2) is 5.35. The normalized spacial score (nSPS) is 11.5. The summed E-state index contributed by atoms with van der Waals surface area (Å²) in [6.07, 6.45) is 1.64. The Labute approximate surface area is 144 Å². The third kappa shape index (κ3) is 2.17. The first-order valence-electron chi connectivity index (χ1n) is 8.28. The van der Waals surface area contributed by atoms with Crippen molar-refractivity contribution in [3.05, 3.63) is 94.9 Å². The van der Waals surface area contributed by atoms with Crippen molar-refractivity contribution in [2.24, 2.45) is 0 Å². The molecule has 0 aliphatic rings. The quantitative estimate of drug-likeness (QED) is 0.461. The number of rotatable bonds is 3. The molecule has 0 amide bonds. The van der Waals surface area contributed by atoms with E-state index < -0.39 is 0 Å². The average Bonchev–Trinajstić information content (AvgIpc) is 2.66. The van der Waals surface area contributed by atoms with Gasteiger partial charge in [-0.1, -0.05) is 60.7 Å².